The summed E-state index contributed by atoms with van der Waals surface area (Å²) in [5.41, 5.74) is 4.84. The minimum absolute atomic E-state index is 0.0123. The molecule has 36 heavy (non-hydrogen) atoms. The summed E-state index contributed by atoms with van der Waals surface area (Å²) >= 11 is 0. The van der Waals surface area contributed by atoms with Gasteiger partial charge in [-0.05, 0) is 70.3 Å². The fraction of sp³-hybridized carbons (Fsp3) is 0.852. The van der Waals surface area contributed by atoms with Gasteiger partial charge in [-0.3, -0.25) is 19.2 Å². The number of nitrogens with two attached hydrogens (primary N) is 1. The molecule has 0 aromatic carbocycles. The number of carbonyl (C=O) groups excluding carboxylic acids is 4. The van der Waals surface area contributed by atoms with Gasteiger partial charge in [0, 0.05) is 25.5 Å². The van der Waals surface area contributed by atoms with Crippen LogP contribution in [0.5, 0.6) is 0 Å². The molecule has 1 aliphatic carbocycles. The number of rotatable bonds is 14. The molecule has 0 bridgehead atoms. The summed E-state index contributed by atoms with van der Waals surface area (Å²) in [6.45, 7) is 10.4. The highest BCUT2D eigenvalue weighted by Crippen LogP contribution is 2.65. The highest BCUT2D eigenvalue weighted by atomic mass is 16.6. The molecular formula is C27H46N2O7. The quantitative estimate of drug-likeness (QED) is 0.269. The van der Waals surface area contributed by atoms with Crippen LogP contribution in [0.2, 0.25) is 0 Å². The van der Waals surface area contributed by atoms with Crippen LogP contribution in [0.4, 0.5) is 0 Å². The van der Waals surface area contributed by atoms with Crippen LogP contribution in [-0.2, 0) is 28.7 Å². The summed E-state index contributed by atoms with van der Waals surface area (Å²) < 4.78 is 10.4. The number of ketones is 1. The average molecular weight is 511 g/mol. The van der Waals surface area contributed by atoms with E-state index in [9.17, 15) is 24.3 Å². The van der Waals surface area contributed by atoms with Gasteiger partial charge in [-0.25, -0.2) is 0 Å². The highest BCUT2D eigenvalue weighted by molar-refractivity contribution is 5.94. The lowest BCUT2D eigenvalue weighted by molar-refractivity contribution is -0.159. The third-order valence-corrected chi connectivity index (χ3v) is 7.70. The summed E-state index contributed by atoms with van der Waals surface area (Å²) in [4.78, 5) is 53.9. The number of hydrogen-bond donors (Lipinski definition) is 2. The molecule has 0 radical (unpaired) electrons. The van der Waals surface area contributed by atoms with Crippen LogP contribution in [0.25, 0.3) is 0 Å². The maximum absolute atomic E-state index is 13.7. The van der Waals surface area contributed by atoms with Crippen molar-refractivity contribution in [1.29, 1.82) is 0 Å². The number of esters is 2. The molecule has 9 heteroatoms. The van der Waals surface area contributed by atoms with Crippen LogP contribution < -0.4 is 5.73 Å². The van der Waals surface area contributed by atoms with Crippen molar-refractivity contribution in [2.24, 2.45) is 34.8 Å². The van der Waals surface area contributed by atoms with E-state index >= 15 is 0 Å². The fourth-order valence-electron chi connectivity index (χ4n) is 5.72. The van der Waals surface area contributed by atoms with Crippen LogP contribution >= 0.6 is 0 Å². The van der Waals surface area contributed by atoms with Gasteiger partial charge in [-0.15, -0.1) is 0 Å². The lowest BCUT2D eigenvalue weighted by Gasteiger charge is -2.33. The van der Waals surface area contributed by atoms with Crippen molar-refractivity contribution in [3.63, 3.8) is 0 Å². The second kappa shape index (κ2) is 12.5. The Morgan fingerprint density at radius 2 is 1.69 bits per heavy atom. The molecule has 0 spiro atoms. The van der Waals surface area contributed by atoms with E-state index in [-0.39, 0.29) is 48.4 Å². The Hall–Kier alpha value is -2.00. The third-order valence-electron chi connectivity index (χ3n) is 7.70. The standard InChI is InChI=1S/C27H46N2O7/c1-26(2,3)36-21(32)15-17(11-9-13-30)24(33)29-16-19-22(27(19,4)5)23(29)20(31)14-18(25(34)35-6)10-7-8-12-28/h17-19,22-23,30H,7-16,28H2,1-6H3/t17-,18?,19?,22+,23-/m1/s1. The summed E-state index contributed by atoms with van der Waals surface area (Å²) in [6, 6.07) is -0.630. The molecule has 1 aliphatic heterocycles. The van der Waals surface area contributed by atoms with E-state index in [1.807, 2.05) is 0 Å². The number of methoxy groups -OCH3 is 1. The maximum Gasteiger partial charge on any atom is 0.309 e. The highest BCUT2D eigenvalue weighted by Gasteiger charge is 2.69. The number of carbonyl (C=O) groups is 4. The van der Waals surface area contributed by atoms with Crippen molar-refractivity contribution < 1.29 is 33.8 Å². The molecular weight excluding hydrogens is 464 g/mol. The zero-order chi connectivity index (χ0) is 27.3. The number of nitrogens with zero attached hydrogens (tertiary/aromatic N) is 1. The van der Waals surface area contributed by atoms with Gasteiger partial charge in [-0.2, -0.15) is 0 Å². The van der Waals surface area contributed by atoms with Crippen molar-refractivity contribution in [2.45, 2.75) is 91.2 Å². The summed E-state index contributed by atoms with van der Waals surface area (Å²) in [5.74, 6) is -2.31. The largest absolute Gasteiger partial charge is 0.469 e. The SMILES string of the molecule is COC(=O)C(CCCCN)CC(=O)[C@@H]1[C@@H]2C(CN1C(=O)[C@H](CCCO)CC(=O)OC(C)(C)C)C2(C)C. The molecule has 1 heterocycles. The van der Waals surface area contributed by atoms with Gasteiger partial charge in [0.15, 0.2) is 5.78 Å². The second-order valence-electron chi connectivity index (χ2n) is 11.9. The molecule has 2 fully saturated rings. The summed E-state index contributed by atoms with van der Waals surface area (Å²) in [5, 5.41) is 9.36. The Kier molecular flexibility index (Phi) is 10.5. The van der Waals surface area contributed by atoms with Gasteiger partial charge >= 0.3 is 11.9 Å². The number of ether oxygens (including phenoxy) is 2. The lowest BCUT2D eigenvalue weighted by Crippen LogP contribution is -2.48. The zero-order valence-corrected chi connectivity index (χ0v) is 22.9. The van der Waals surface area contributed by atoms with Crippen LogP contribution in [0, 0.1) is 29.1 Å². The van der Waals surface area contributed by atoms with Crippen LogP contribution in [0.3, 0.4) is 0 Å². The van der Waals surface area contributed by atoms with Gasteiger partial charge in [-0.1, -0.05) is 20.3 Å². The first-order valence-electron chi connectivity index (χ1n) is 13.2. The minimum Gasteiger partial charge on any atom is -0.469 e. The number of amides is 1. The van der Waals surface area contributed by atoms with Crippen molar-refractivity contribution in [3.8, 4) is 0 Å². The molecule has 1 saturated carbocycles. The molecule has 1 saturated heterocycles. The molecule has 3 N–H and O–H groups in total. The molecule has 206 valence electrons. The molecule has 1 amide bonds. The third kappa shape index (κ3) is 7.51. The zero-order valence-electron chi connectivity index (χ0n) is 22.9. The van der Waals surface area contributed by atoms with Crippen LogP contribution in [0.15, 0.2) is 0 Å². The molecule has 2 aliphatic rings. The number of piperidine rings is 1. The fourth-order valence-corrected chi connectivity index (χ4v) is 5.72. The van der Waals surface area contributed by atoms with E-state index in [1.54, 1.807) is 25.7 Å². The summed E-state index contributed by atoms with van der Waals surface area (Å²) in [6.07, 6.45) is 2.59. The Balaban J connectivity index is 2.22. The molecule has 0 aromatic rings. The summed E-state index contributed by atoms with van der Waals surface area (Å²) in [7, 11) is 1.32. The lowest BCUT2D eigenvalue weighted by atomic mass is 9.89. The number of aliphatic hydroxyl groups is 1. The number of fused-ring (bicyclic) bond motifs is 1. The second-order valence-corrected chi connectivity index (χ2v) is 11.9. The molecule has 9 nitrogen and oxygen atoms in total. The van der Waals surface area contributed by atoms with Crippen LogP contribution in [-0.4, -0.2) is 72.1 Å². The topological polar surface area (TPSA) is 136 Å². The minimum atomic E-state index is -0.677. The molecule has 2 rings (SSSR count). The number of aliphatic hydroxyl groups excluding tert-OH is 1. The van der Waals surface area contributed by atoms with Crippen LogP contribution in [0.1, 0.15) is 79.6 Å². The van der Waals surface area contributed by atoms with E-state index in [0.717, 1.165) is 6.42 Å². The van der Waals surface area contributed by atoms with Crippen molar-refractivity contribution in [1.82, 2.24) is 4.90 Å². The van der Waals surface area contributed by atoms with E-state index in [2.05, 4.69) is 13.8 Å². The molecule has 0 aromatic heterocycles. The van der Waals surface area contributed by atoms with Gasteiger partial charge in [0.25, 0.3) is 0 Å². The molecule has 5 atom stereocenters. The first kappa shape index (κ1) is 30.2. The van der Waals surface area contributed by atoms with Crippen molar-refractivity contribution >= 4 is 23.6 Å². The van der Waals surface area contributed by atoms with E-state index in [0.29, 0.717) is 38.8 Å². The number of unbranched alkanes of at least 4 members (excludes halogenated alkanes) is 1. The normalized spacial score (nSPS) is 24.0. The molecule has 2 unspecified atom stereocenters. The van der Waals surface area contributed by atoms with Crippen molar-refractivity contribution in [3.05, 3.63) is 0 Å². The number of likely N-dealkylation sites (tertiary alicyclic amines) is 1. The smallest absolute Gasteiger partial charge is 0.309 e. The van der Waals surface area contributed by atoms with Gasteiger partial charge in [0.05, 0.1) is 25.5 Å². The first-order valence-corrected chi connectivity index (χ1v) is 13.2. The van der Waals surface area contributed by atoms with Crippen molar-refractivity contribution in [2.75, 3.05) is 26.8 Å². The Labute approximate surface area is 215 Å². The Morgan fingerprint density at radius 3 is 2.25 bits per heavy atom. The van der Waals surface area contributed by atoms with Gasteiger partial charge in [0.2, 0.25) is 5.91 Å². The predicted octanol–water partition coefficient (Wildman–Crippen LogP) is 2.47. The van der Waals surface area contributed by atoms with E-state index in [1.165, 1.54) is 7.11 Å². The monoisotopic (exact) mass is 510 g/mol. The first-order chi connectivity index (χ1) is 16.8. The van der Waals surface area contributed by atoms with Gasteiger partial charge < -0.3 is 25.2 Å². The Morgan fingerprint density at radius 1 is 1.06 bits per heavy atom. The number of hydrogen-bond acceptors (Lipinski definition) is 8. The van der Waals surface area contributed by atoms with Gasteiger partial charge in [0.1, 0.15) is 5.60 Å². The Bertz CT molecular complexity index is 804. The van der Waals surface area contributed by atoms with E-state index < -0.39 is 35.4 Å². The number of Topliss-reactive ketones (excluding diaryl/α,β-unsaturated/α-hetero) is 1. The van der Waals surface area contributed by atoms with E-state index in [4.69, 9.17) is 15.2 Å². The predicted molar refractivity (Wildman–Crippen MR) is 135 cm³/mol. The average Bonchev–Trinajstić information content (AvgIpc) is 3.12. The maximum atomic E-state index is 13.7.